The fourth-order valence-corrected chi connectivity index (χ4v) is 10.1. The molecule has 0 N–H and O–H groups in total. The molecule has 0 atom stereocenters. The summed E-state index contributed by atoms with van der Waals surface area (Å²) in [5.41, 5.74) is 22.3. The van der Waals surface area contributed by atoms with E-state index in [9.17, 15) is 0 Å². The molecule has 1 aliphatic carbocycles. The number of rotatable bonds is 9. The molecule has 3 heteroatoms. The van der Waals surface area contributed by atoms with Gasteiger partial charge >= 0.3 is 6.85 Å². The topological polar surface area (TPSA) is 6.48 Å². The van der Waals surface area contributed by atoms with Gasteiger partial charge in [0.2, 0.25) is 0 Å². The van der Waals surface area contributed by atoms with Gasteiger partial charge < -0.3 is 9.71 Å². The molecule has 0 fully saturated rings. The van der Waals surface area contributed by atoms with Crippen molar-refractivity contribution in [3.63, 3.8) is 0 Å². The molecule has 0 bridgehead atoms. The van der Waals surface area contributed by atoms with Gasteiger partial charge in [-0.25, -0.2) is 0 Å². The highest BCUT2D eigenvalue weighted by Gasteiger charge is 2.50. The molecule has 0 amide bonds. The van der Waals surface area contributed by atoms with Crippen molar-refractivity contribution in [1.29, 1.82) is 0 Å². The maximum Gasteiger partial charge on any atom is 0.333 e. The van der Waals surface area contributed by atoms with Gasteiger partial charge in [-0.15, -0.1) is 0 Å². The van der Waals surface area contributed by atoms with Gasteiger partial charge in [0.05, 0.1) is 5.69 Å². The molecule has 10 rings (SSSR count). The lowest BCUT2D eigenvalue weighted by Gasteiger charge is -2.47. The number of hydrogen-bond acceptors (Lipinski definition) is 2. The van der Waals surface area contributed by atoms with E-state index in [1.165, 1.54) is 121 Å². The van der Waals surface area contributed by atoms with E-state index < -0.39 is 0 Å². The molecule has 274 valence electrons. The lowest BCUT2D eigenvalue weighted by molar-refractivity contribution is 0.664. The van der Waals surface area contributed by atoms with Gasteiger partial charge in [-0.2, -0.15) is 0 Å². The third kappa shape index (κ3) is 5.31. The molecule has 2 heterocycles. The highest BCUT2D eigenvalue weighted by molar-refractivity contribution is 6.94. The molecule has 3 aliphatic rings. The summed E-state index contributed by atoms with van der Waals surface area (Å²) in [7, 11) is 0. The van der Waals surface area contributed by atoms with Crippen molar-refractivity contribution in [2.45, 2.75) is 71.6 Å². The smallest absolute Gasteiger partial charge is 0.333 e. The largest absolute Gasteiger partial charge is 0.376 e. The molecule has 0 radical (unpaired) electrons. The Morgan fingerprint density at radius 3 is 1.89 bits per heavy atom. The van der Waals surface area contributed by atoms with E-state index in [4.69, 9.17) is 0 Å². The second-order valence-corrected chi connectivity index (χ2v) is 16.5. The second kappa shape index (κ2) is 13.7. The van der Waals surface area contributed by atoms with E-state index in [-0.39, 0.29) is 12.3 Å². The molecule has 0 saturated carbocycles. The van der Waals surface area contributed by atoms with Crippen LogP contribution in [0.3, 0.4) is 0 Å². The molecular weight excluding hydrogens is 675 g/mol. The third-order valence-corrected chi connectivity index (χ3v) is 12.8. The summed E-state index contributed by atoms with van der Waals surface area (Å²) in [6.45, 7) is 9.43. The zero-order valence-electron chi connectivity index (χ0n) is 33.1. The van der Waals surface area contributed by atoms with E-state index in [2.05, 4.69) is 189 Å². The van der Waals surface area contributed by atoms with E-state index in [1.807, 2.05) is 0 Å². The van der Waals surface area contributed by atoms with Crippen molar-refractivity contribution in [3.05, 3.63) is 174 Å². The van der Waals surface area contributed by atoms with Crippen LogP contribution in [0.4, 0.5) is 28.4 Å². The lowest BCUT2D eigenvalue weighted by Crippen LogP contribution is -2.63. The Hall–Kier alpha value is -5.80. The van der Waals surface area contributed by atoms with E-state index in [0.29, 0.717) is 0 Å². The Morgan fingerprint density at radius 2 is 1.11 bits per heavy atom. The highest BCUT2D eigenvalue weighted by Crippen LogP contribution is 2.54. The van der Waals surface area contributed by atoms with Crippen molar-refractivity contribution in [2.24, 2.45) is 0 Å². The van der Waals surface area contributed by atoms with Crippen molar-refractivity contribution in [1.82, 2.24) is 0 Å². The average Bonchev–Trinajstić information content (AvgIpc) is 3.48. The molecule has 7 aromatic carbocycles. The lowest BCUT2D eigenvalue weighted by atomic mass is 9.41. The van der Waals surface area contributed by atoms with Crippen LogP contribution in [0, 0.1) is 0 Å². The van der Waals surface area contributed by atoms with Crippen LogP contribution >= 0.6 is 0 Å². The standard InChI is InChI=1S/C53H49BN2/c1-5-7-17-36-27-30-39(31-28-36)56-47-25-15-13-22-41(47)43-23-16-26-48-51(43)54(56)52-49(34-32-42-40-21-12-14-24-45(40)53(3,4)50(42)52)55(48)46-33-29-37(18-8-6-2)35-44(46)38-19-10-9-11-20-38/h9-16,19-35H,5-8,17-18H2,1-4H3. The number of anilines is 5. The van der Waals surface area contributed by atoms with Crippen LogP contribution in [0.1, 0.15) is 75.6 Å². The normalized spacial score (nSPS) is 14.2. The molecule has 0 aromatic heterocycles. The van der Waals surface area contributed by atoms with Gasteiger partial charge in [-0.1, -0.05) is 150 Å². The monoisotopic (exact) mass is 724 g/mol. The minimum atomic E-state index is -0.200. The third-order valence-electron chi connectivity index (χ3n) is 12.8. The Labute approximate surface area is 333 Å². The van der Waals surface area contributed by atoms with Crippen molar-refractivity contribution in [2.75, 3.05) is 9.71 Å². The first-order valence-corrected chi connectivity index (χ1v) is 20.9. The fraction of sp³-hybridized carbons (Fsp3) is 0.208. The molecule has 56 heavy (non-hydrogen) atoms. The Balaban J connectivity index is 1.30. The first-order chi connectivity index (χ1) is 27.5. The predicted molar refractivity (Wildman–Crippen MR) is 240 cm³/mol. The summed E-state index contributed by atoms with van der Waals surface area (Å²) in [6, 6.07) is 57.9. The first-order valence-electron chi connectivity index (χ1n) is 20.9. The van der Waals surface area contributed by atoms with Crippen molar-refractivity contribution in [3.8, 4) is 33.4 Å². The number of benzene rings is 7. The van der Waals surface area contributed by atoms with E-state index in [0.717, 1.165) is 12.8 Å². The molecule has 2 nitrogen and oxygen atoms in total. The molecule has 0 unspecified atom stereocenters. The highest BCUT2D eigenvalue weighted by atomic mass is 15.2. The van der Waals surface area contributed by atoms with Crippen molar-refractivity contribution >= 4 is 46.2 Å². The Morgan fingerprint density at radius 1 is 0.482 bits per heavy atom. The number of unbranched alkanes of at least 4 members (excludes halogenated alkanes) is 2. The number of para-hydroxylation sites is 1. The Bertz CT molecular complexity index is 2600. The summed E-state index contributed by atoms with van der Waals surface area (Å²) in [4.78, 5) is 5.29. The molecular formula is C53H49BN2. The summed E-state index contributed by atoms with van der Waals surface area (Å²) >= 11 is 0. The molecule has 2 aliphatic heterocycles. The quantitative estimate of drug-likeness (QED) is 0.137. The number of fused-ring (bicyclic) bond motifs is 8. The van der Waals surface area contributed by atoms with Gasteiger partial charge in [-0.05, 0) is 124 Å². The maximum absolute atomic E-state index is 2.67. The van der Waals surface area contributed by atoms with Crippen LogP contribution in [-0.4, -0.2) is 6.85 Å². The van der Waals surface area contributed by atoms with Crippen LogP contribution in [0.2, 0.25) is 0 Å². The second-order valence-electron chi connectivity index (χ2n) is 16.5. The SMILES string of the molecule is CCCCc1ccc(N2B3c4c(cccc4N(c4ccc(CCCC)cc4-c4ccccc4)c4ccc5c(c43)C(C)(C)c3ccccc3-5)-c3ccccc32)cc1. The molecule has 0 saturated heterocycles. The van der Waals surface area contributed by atoms with Gasteiger partial charge in [-0.3, -0.25) is 0 Å². The van der Waals surface area contributed by atoms with Gasteiger partial charge in [0.1, 0.15) is 0 Å². The minimum absolute atomic E-state index is 0.0311. The molecule has 0 spiro atoms. The summed E-state index contributed by atoms with van der Waals surface area (Å²) < 4.78 is 0. The van der Waals surface area contributed by atoms with E-state index >= 15 is 0 Å². The first kappa shape index (κ1) is 34.7. The average molecular weight is 725 g/mol. The number of aryl methyl sites for hydroxylation is 2. The number of nitrogens with zero attached hydrogens (tertiary/aromatic N) is 2. The summed E-state index contributed by atoms with van der Waals surface area (Å²) in [5.74, 6) is 0. The van der Waals surface area contributed by atoms with Crippen LogP contribution in [0.25, 0.3) is 33.4 Å². The number of hydrogen-bond donors (Lipinski definition) is 0. The fourth-order valence-electron chi connectivity index (χ4n) is 10.1. The van der Waals surface area contributed by atoms with Crippen LogP contribution in [0.5, 0.6) is 0 Å². The zero-order chi connectivity index (χ0) is 38.0. The van der Waals surface area contributed by atoms with Gasteiger partial charge in [0.25, 0.3) is 0 Å². The van der Waals surface area contributed by atoms with Crippen LogP contribution < -0.4 is 20.6 Å². The molecule has 7 aromatic rings. The maximum atomic E-state index is 2.67. The van der Waals surface area contributed by atoms with Crippen LogP contribution in [0.15, 0.2) is 152 Å². The van der Waals surface area contributed by atoms with Crippen LogP contribution in [-0.2, 0) is 18.3 Å². The zero-order valence-corrected chi connectivity index (χ0v) is 33.1. The predicted octanol–water partition coefficient (Wildman–Crippen LogP) is 13.1. The minimum Gasteiger partial charge on any atom is -0.376 e. The summed E-state index contributed by atoms with van der Waals surface area (Å²) in [6.07, 6.45) is 6.97. The van der Waals surface area contributed by atoms with E-state index in [1.54, 1.807) is 0 Å². The summed E-state index contributed by atoms with van der Waals surface area (Å²) in [5, 5.41) is 0. The van der Waals surface area contributed by atoms with Crippen molar-refractivity contribution < 1.29 is 0 Å². The van der Waals surface area contributed by atoms with Gasteiger partial charge in [0.15, 0.2) is 0 Å². The van der Waals surface area contributed by atoms with Gasteiger partial charge in [0, 0.05) is 39.3 Å². The Kier molecular flexibility index (Phi) is 8.51.